The van der Waals surface area contributed by atoms with Crippen LogP contribution in [0, 0.1) is 5.82 Å². The Morgan fingerprint density at radius 2 is 1.31 bits per heavy atom. The number of amides is 4. The predicted octanol–water partition coefficient (Wildman–Crippen LogP) is 7.38. The van der Waals surface area contributed by atoms with Crippen molar-refractivity contribution in [3.63, 3.8) is 0 Å². The van der Waals surface area contributed by atoms with E-state index in [1.807, 2.05) is 46.8 Å². The average molecular weight is 1010 g/mol. The van der Waals surface area contributed by atoms with Crippen molar-refractivity contribution in [2.75, 3.05) is 13.2 Å². The predicted molar refractivity (Wildman–Crippen MR) is 273 cm³/mol. The van der Waals surface area contributed by atoms with Crippen molar-refractivity contribution in [2.45, 2.75) is 152 Å². The second kappa shape index (κ2) is 19.6. The number of benzene rings is 4. The van der Waals surface area contributed by atoms with E-state index in [2.05, 4.69) is 10.6 Å². The van der Waals surface area contributed by atoms with Crippen LogP contribution in [0.3, 0.4) is 0 Å². The molecule has 0 saturated heterocycles. The third-order valence-electron chi connectivity index (χ3n) is 16.3. The molecule has 74 heavy (non-hydrogen) atoms. The maximum Gasteiger partial charge on any atom is 0.251 e. The molecule has 0 radical (unpaired) electrons. The summed E-state index contributed by atoms with van der Waals surface area (Å²) in [4.78, 5) is 69.6. The van der Waals surface area contributed by atoms with Gasteiger partial charge in [0.25, 0.3) is 11.8 Å². The number of aliphatic hydroxyl groups is 1. The fourth-order valence-corrected chi connectivity index (χ4v) is 11.9. The molecule has 4 unspecified atom stereocenters. The van der Waals surface area contributed by atoms with E-state index in [1.54, 1.807) is 54.6 Å². The summed E-state index contributed by atoms with van der Waals surface area (Å²) in [6.45, 7) is 10.2. The van der Waals surface area contributed by atoms with Crippen LogP contribution in [-0.4, -0.2) is 92.6 Å². The molecule has 4 aromatic carbocycles. The van der Waals surface area contributed by atoms with Crippen molar-refractivity contribution in [3.05, 3.63) is 118 Å². The van der Waals surface area contributed by atoms with Crippen molar-refractivity contribution in [1.29, 1.82) is 0 Å². The molecule has 6 aliphatic heterocycles. The SMILES string of the molecule is CCC1(CC)CC(=O)N([C@@H]2CCOc3ccc(C(=O)N[C@@H]4CC(C)(CC5C[C@@H](N6C(=O)CC(CC)(CC)N=C6N)c6cc(C(=O)NC7c8ccccc8OCC7O)ccc6O5)Oc5ccc(F)cc54)cc32)C(N)=N1. The summed E-state index contributed by atoms with van der Waals surface area (Å²) in [5.74, 6) is 0.432. The topological polar surface area (TPSA) is 233 Å². The molecule has 0 bridgehead atoms. The number of carbonyl (C=O) groups is 4. The smallest absolute Gasteiger partial charge is 0.251 e. The molecular formula is C56H65FN8O9. The summed E-state index contributed by atoms with van der Waals surface area (Å²) in [5, 5.41) is 17.1. The number of ether oxygens (including phenoxy) is 4. The molecule has 6 heterocycles. The van der Waals surface area contributed by atoms with Crippen LogP contribution in [0.4, 0.5) is 4.39 Å². The maximum absolute atomic E-state index is 15.1. The molecule has 390 valence electrons. The number of nitrogens with zero attached hydrogens (tertiary/aromatic N) is 4. The van der Waals surface area contributed by atoms with Crippen molar-refractivity contribution in [3.8, 4) is 23.0 Å². The van der Waals surface area contributed by atoms with Crippen molar-refractivity contribution in [1.82, 2.24) is 20.4 Å². The van der Waals surface area contributed by atoms with Crippen LogP contribution < -0.4 is 41.0 Å². The molecular weight excluding hydrogens is 948 g/mol. The van der Waals surface area contributed by atoms with Gasteiger partial charge in [-0.15, -0.1) is 0 Å². The fourth-order valence-electron chi connectivity index (χ4n) is 11.9. The molecule has 17 nitrogen and oxygen atoms in total. The van der Waals surface area contributed by atoms with Crippen LogP contribution in [0.15, 0.2) is 88.8 Å². The van der Waals surface area contributed by atoms with Gasteiger partial charge in [-0.3, -0.25) is 29.0 Å². The number of rotatable bonds is 12. The van der Waals surface area contributed by atoms with Gasteiger partial charge in [-0.2, -0.15) is 0 Å². The lowest BCUT2D eigenvalue weighted by atomic mass is 9.81. The van der Waals surface area contributed by atoms with E-state index in [1.165, 1.54) is 21.9 Å². The Hall–Kier alpha value is -7.21. The number of aliphatic imine (C=N–C) groups is 2. The van der Waals surface area contributed by atoms with Crippen LogP contribution >= 0.6 is 0 Å². The molecule has 7 atom stereocenters. The first-order chi connectivity index (χ1) is 35.5. The minimum Gasteiger partial charge on any atom is -0.493 e. The first-order valence-corrected chi connectivity index (χ1v) is 25.9. The van der Waals surface area contributed by atoms with Crippen molar-refractivity contribution >= 4 is 35.5 Å². The molecule has 0 saturated carbocycles. The molecule has 0 aliphatic carbocycles. The molecule has 0 spiro atoms. The number of fused-ring (bicyclic) bond motifs is 4. The Morgan fingerprint density at radius 3 is 1.96 bits per heavy atom. The number of halogens is 1. The largest absolute Gasteiger partial charge is 0.493 e. The van der Waals surface area contributed by atoms with E-state index >= 15 is 4.39 Å². The number of hydrogen-bond acceptors (Lipinski definition) is 13. The van der Waals surface area contributed by atoms with Crippen LogP contribution in [0.2, 0.25) is 0 Å². The number of carbonyl (C=O) groups excluding carboxylic acids is 4. The third-order valence-corrected chi connectivity index (χ3v) is 16.3. The first kappa shape index (κ1) is 50.3. The van der Waals surface area contributed by atoms with E-state index in [-0.39, 0.29) is 68.0 Å². The highest BCUT2D eigenvalue weighted by Gasteiger charge is 2.48. The van der Waals surface area contributed by atoms with Gasteiger partial charge in [0, 0.05) is 59.1 Å². The molecule has 0 fully saturated rings. The van der Waals surface area contributed by atoms with E-state index in [0.717, 1.165) is 0 Å². The summed E-state index contributed by atoms with van der Waals surface area (Å²) >= 11 is 0. The van der Waals surface area contributed by atoms with E-state index in [9.17, 15) is 24.3 Å². The van der Waals surface area contributed by atoms with Gasteiger partial charge in [-0.25, -0.2) is 14.4 Å². The Balaban J connectivity index is 0.929. The van der Waals surface area contributed by atoms with Crippen LogP contribution in [0.5, 0.6) is 23.0 Å². The molecule has 4 aromatic rings. The van der Waals surface area contributed by atoms with Gasteiger partial charge in [-0.05, 0) is 93.3 Å². The summed E-state index contributed by atoms with van der Waals surface area (Å²) in [6, 6.07) is 18.9. The third kappa shape index (κ3) is 9.25. The average Bonchev–Trinajstić information content (AvgIpc) is 3.39. The van der Waals surface area contributed by atoms with E-state index in [4.69, 9.17) is 40.4 Å². The first-order valence-electron chi connectivity index (χ1n) is 25.9. The number of para-hydroxylation sites is 1. The number of nitrogens with two attached hydrogens (primary N) is 2. The highest BCUT2D eigenvalue weighted by atomic mass is 19.1. The molecule has 6 aliphatic rings. The van der Waals surface area contributed by atoms with Gasteiger partial charge in [0.05, 0.1) is 54.7 Å². The van der Waals surface area contributed by atoms with Crippen molar-refractivity contribution in [2.24, 2.45) is 21.5 Å². The number of aliphatic hydroxyl groups excluding tert-OH is 1. The van der Waals surface area contributed by atoms with Crippen molar-refractivity contribution < 1.29 is 47.6 Å². The standard InChI is InChI=1S/C56H65FN8O9/c1-6-55(7-2)28-47(67)64(52(58)62-55)40-20-21-71-44-17-14-31(22-37(40)44)50(69)60-39-27-54(5,74-46-19-16-33(57)24-36(39)46)26-34-25-41(65-48(68)29-56(8-3,9-4)63-53(65)59)38-23-32(15-18-45(38)73-34)51(70)61-49-35-12-10-11-13-43(35)72-30-42(49)66/h10-19,22-24,34,39-42,49,66H,6-9,20-21,25-30H2,1-5H3,(H2,58,62)(H2,59,63)(H,60,69)(H,61,70)/t34?,39-,40-,41-,42?,49?,54?/m1/s1. The molecule has 18 heteroatoms. The summed E-state index contributed by atoms with van der Waals surface area (Å²) in [5.41, 5.74) is 14.0. The zero-order valence-corrected chi connectivity index (χ0v) is 42.5. The minimum absolute atomic E-state index is 0.00787. The summed E-state index contributed by atoms with van der Waals surface area (Å²) in [6.07, 6.45) is 2.49. The molecule has 4 amide bonds. The molecule has 10 rings (SSSR count). The fraction of sp³-hybridized carbons (Fsp3) is 0.464. The van der Waals surface area contributed by atoms with E-state index < -0.39 is 70.7 Å². The lowest BCUT2D eigenvalue weighted by molar-refractivity contribution is -0.133. The second-order valence-electron chi connectivity index (χ2n) is 20.9. The maximum atomic E-state index is 15.1. The minimum atomic E-state index is -1.02. The second-order valence-corrected chi connectivity index (χ2v) is 20.9. The Bertz CT molecular complexity index is 2960. The summed E-state index contributed by atoms with van der Waals surface area (Å²) < 4.78 is 40.3. The summed E-state index contributed by atoms with van der Waals surface area (Å²) in [7, 11) is 0. The van der Waals surface area contributed by atoms with Gasteiger partial charge in [0.1, 0.15) is 53.2 Å². The zero-order valence-electron chi connectivity index (χ0n) is 42.5. The highest BCUT2D eigenvalue weighted by Crippen LogP contribution is 2.48. The Morgan fingerprint density at radius 1 is 0.730 bits per heavy atom. The van der Waals surface area contributed by atoms with Gasteiger partial charge >= 0.3 is 0 Å². The number of nitrogens with one attached hydrogen (secondary N) is 2. The van der Waals surface area contributed by atoms with E-state index in [0.29, 0.717) is 89.5 Å². The monoisotopic (exact) mass is 1010 g/mol. The molecule has 0 aromatic heterocycles. The van der Waals surface area contributed by atoms with Crippen LogP contribution in [-0.2, 0) is 9.59 Å². The van der Waals surface area contributed by atoms with Crippen LogP contribution in [0.25, 0.3) is 0 Å². The zero-order chi connectivity index (χ0) is 52.3. The Labute approximate surface area is 429 Å². The number of hydrogen-bond donors (Lipinski definition) is 5. The quantitative estimate of drug-likeness (QED) is 0.0940. The van der Waals surface area contributed by atoms with Gasteiger partial charge in [-0.1, -0.05) is 45.9 Å². The van der Waals surface area contributed by atoms with Gasteiger partial charge < -0.3 is 46.2 Å². The van der Waals surface area contributed by atoms with Crippen LogP contribution in [0.1, 0.15) is 166 Å². The highest BCUT2D eigenvalue weighted by molar-refractivity contribution is 6.01. The number of guanidine groups is 2. The lowest BCUT2D eigenvalue weighted by Crippen LogP contribution is -2.54. The Kier molecular flexibility index (Phi) is 13.3. The van der Waals surface area contributed by atoms with Gasteiger partial charge in [0.15, 0.2) is 11.9 Å². The van der Waals surface area contributed by atoms with Gasteiger partial charge in [0.2, 0.25) is 11.8 Å². The lowest BCUT2D eigenvalue weighted by Gasteiger charge is -2.46. The molecule has 7 N–H and O–H groups in total. The normalized spacial score (nSPS) is 26.5.